The molecule has 2 unspecified atom stereocenters. The highest BCUT2D eigenvalue weighted by atomic mass is 16.5. The Hall–Kier alpha value is -0.900. The monoisotopic (exact) mass is 288 g/mol. The van der Waals surface area contributed by atoms with E-state index < -0.39 is 0 Å². The molecule has 3 rings (SSSR count). The standard InChI is InChI=1S/C18H28N2O/c1-21-14-15-6-5-11-20(13-15)18(12-19-17-9-10-17)16-7-3-2-4-8-16/h2-4,7-8,15,17-19H,5-6,9-14H2,1H3. The quantitative estimate of drug-likeness (QED) is 0.835. The van der Waals surface area contributed by atoms with Crippen LogP contribution in [0.25, 0.3) is 0 Å². The van der Waals surface area contributed by atoms with Gasteiger partial charge in [0.15, 0.2) is 0 Å². The molecule has 0 bridgehead atoms. The van der Waals surface area contributed by atoms with Gasteiger partial charge >= 0.3 is 0 Å². The van der Waals surface area contributed by atoms with Crippen LogP contribution in [0.5, 0.6) is 0 Å². The molecule has 3 nitrogen and oxygen atoms in total. The van der Waals surface area contributed by atoms with Gasteiger partial charge in [-0.1, -0.05) is 30.3 Å². The van der Waals surface area contributed by atoms with E-state index in [1.807, 2.05) is 7.11 Å². The molecule has 1 aromatic rings. The Morgan fingerprint density at radius 3 is 2.76 bits per heavy atom. The fraction of sp³-hybridized carbons (Fsp3) is 0.667. The Morgan fingerprint density at radius 2 is 2.05 bits per heavy atom. The van der Waals surface area contributed by atoms with Crippen molar-refractivity contribution in [1.29, 1.82) is 0 Å². The van der Waals surface area contributed by atoms with Gasteiger partial charge in [0.2, 0.25) is 0 Å². The molecule has 1 heterocycles. The van der Waals surface area contributed by atoms with Crippen LogP contribution >= 0.6 is 0 Å². The molecule has 0 aromatic heterocycles. The van der Waals surface area contributed by atoms with Crippen LogP contribution in [0.4, 0.5) is 0 Å². The average molecular weight is 288 g/mol. The molecule has 2 aliphatic rings. The number of benzene rings is 1. The minimum atomic E-state index is 0.506. The zero-order valence-corrected chi connectivity index (χ0v) is 13.1. The lowest BCUT2D eigenvalue weighted by Gasteiger charge is -2.38. The molecule has 3 heteroatoms. The lowest BCUT2D eigenvalue weighted by Crippen LogP contribution is -2.43. The Morgan fingerprint density at radius 1 is 1.24 bits per heavy atom. The summed E-state index contributed by atoms with van der Waals surface area (Å²) in [6.45, 7) is 4.36. The van der Waals surface area contributed by atoms with Crippen molar-refractivity contribution in [3.8, 4) is 0 Å². The van der Waals surface area contributed by atoms with Crippen LogP contribution < -0.4 is 5.32 Å². The summed E-state index contributed by atoms with van der Waals surface area (Å²) in [5.41, 5.74) is 1.45. The SMILES string of the molecule is COCC1CCCN(C(CNC2CC2)c2ccccc2)C1. The van der Waals surface area contributed by atoms with Crippen molar-refractivity contribution in [1.82, 2.24) is 10.2 Å². The molecule has 1 aliphatic heterocycles. The number of hydrogen-bond acceptors (Lipinski definition) is 3. The average Bonchev–Trinajstić information content (AvgIpc) is 3.34. The number of rotatable bonds is 7. The number of piperidine rings is 1. The van der Waals surface area contributed by atoms with Crippen molar-refractivity contribution in [2.75, 3.05) is 33.4 Å². The van der Waals surface area contributed by atoms with Crippen LogP contribution in [0.2, 0.25) is 0 Å². The molecule has 2 fully saturated rings. The van der Waals surface area contributed by atoms with E-state index in [0.29, 0.717) is 12.0 Å². The second-order valence-electron chi connectivity index (χ2n) is 6.57. The lowest BCUT2D eigenvalue weighted by molar-refractivity contribution is 0.0673. The van der Waals surface area contributed by atoms with E-state index in [1.165, 1.54) is 44.3 Å². The molecule has 0 radical (unpaired) electrons. The molecule has 2 atom stereocenters. The van der Waals surface area contributed by atoms with Crippen molar-refractivity contribution in [2.24, 2.45) is 5.92 Å². The summed E-state index contributed by atoms with van der Waals surface area (Å²) in [5.74, 6) is 0.691. The van der Waals surface area contributed by atoms with Crippen LogP contribution in [-0.4, -0.2) is 44.3 Å². The maximum atomic E-state index is 5.38. The minimum absolute atomic E-state index is 0.506. The number of hydrogen-bond donors (Lipinski definition) is 1. The van der Waals surface area contributed by atoms with Crippen molar-refractivity contribution < 1.29 is 4.74 Å². The van der Waals surface area contributed by atoms with Crippen LogP contribution in [0, 0.1) is 5.92 Å². The smallest absolute Gasteiger partial charge is 0.0502 e. The van der Waals surface area contributed by atoms with Gasteiger partial charge in [-0.25, -0.2) is 0 Å². The predicted octanol–water partition coefficient (Wildman–Crippen LogP) is 2.84. The van der Waals surface area contributed by atoms with Gasteiger partial charge in [-0.3, -0.25) is 4.90 Å². The van der Waals surface area contributed by atoms with Gasteiger partial charge < -0.3 is 10.1 Å². The first kappa shape index (κ1) is 15.0. The predicted molar refractivity (Wildman–Crippen MR) is 86.4 cm³/mol. The molecular formula is C18H28N2O. The molecule has 1 N–H and O–H groups in total. The van der Waals surface area contributed by atoms with Gasteiger partial charge in [-0.05, 0) is 43.7 Å². The van der Waals surface area contributed by atoms with Crippen LogP contribution in [0.15, 0.2) is 30.3 Å². The largest absolute Gasteiger partial charge is 0.384 e. The number of ether oxygens (including phenoxy) is 1. The molecule has 21 heavy (non-hydrogen) atoms. The van der Waals surface area contributed by atoms with Crippen molar-refractivity contribution in [3.63, 3.8) is 0 Å². The molecular weight excluding hydrogens is 260 g/mol. The number of methoxy groups -OCH3 is 1. The van der Waals surface area contributed by atoms with Gasteiger partial charge in [0.1, 0.15) is 0 Å². The topological polar surface area (TPSA) is 24.5 Å². The summed E-state index contributed by atoms with van der Waals surface area (Å²) < 4.78 is 5.38. The summed E-state index contributed by atoms with van der Waals surface area (Å²) in [7, 11) is 1.82. The fourth-order valence-corrected chi connectivity index (χ4v) is 3.45. The number of nitrogens with one attached hydrogen (secondary N) is 1. The van der Waals surface area contributed by atoms with Crippen molar-refractivity contribution in [2.45, 2.75) is 37.8 Å². The summed E-state index contributed by atoms with van der Waals surface area (Å²) in [4.78, 5) is 2.66. The Bertz CT molecular complexity index is 416. The van der Waals surface area contributed by atoms with Crippen molar-refractivity contribution >= 4 is 0 Å². The summed E-state index contributed by atoms with van der Waals surface area (Å²) >= 11 is 0. The van der Waals surface area contributed by atoms with E-state index in [9.17, 15) is 0 Å². The zero-order valence-electron chi connectivity index (χ0n) is 13.1. The second-order valence-corrected chi connectivity index (χ2v) is 6.57. The van der Waals surface area contributed by atoms with Crippen molar-refractivity contribution in [3.05, 3.63) is 35.9 Å². The van der Waals surface area contributed by atoms with Crippen LogP contribution in [0.1, 0.15) is 37.3 Å². The maximum Gasteiger partial charge on any atom is 0.0502 e. The third-order valence-corrected chi connectivity index (χ3v) is 4.76. The Kier molecular flexibility index (Phi) is 5.28. The highest BCUT2D eigenvalue weighted by molar-refractivity contribution is 5.20. The number of likely N-dealkylation sites (tertiary alicyclic amines) is 1. The molecule has 1 aliphatic carbocycles. The van der Waals surface area contributed by atoms with E-state index in [4.69, 9.17) is 4.74 Å². The van der Waals surface area contributed by atoms with E-state index in [1.54, 1.807) is 0 Å². The molecule has 1 saturated carbocycles. The van der Waals surface area contributed by atoms with Gasteiger partial charge in [-0.15, -0.1) is 0 Å². The molecule has 116 valence electrons. The van der Waals surface area contributed by atoms with Gasteiger partial charge in [-0.2, -0.15) is 0 Å². The Labute approximate surface area is 128 Å². The van der Waals surface area contributed by atoms with E-state index in [2.05, 4.69) is 40.5 Å². The first-order chi connectivity index (χ1) is 10.4. The summed E-state index contributed by atoms with van der Waals surface area (Å²) in [6, 6.07) is 12.3. The fourth-order valence-electron chi connectivity index (χ4n) is 3.45. The first-order valence-corrected chi connectivity index (χ1v) is 8.38. The second kappa shape index (κ2) is 7.39. The van der Waals surface area contributed by atoms with Gasteiger partial charge in [0.25, 0.3) is 0 Å². The van der Waals surface area contributed by atoms with E-state index in [0.717, 1.165) is 19.2 Å². The van der Waals surface area contributed by atoms with Crippen LogP contribution in [-0.2, 0) is 4.74 Å². The molecule has 0 amide bonds. The van der Waals surface area contributed by atoms with E-state index >= 15 is 0 Å². The molecule has 1 aromatic carbocycles. The highest BCUT2D eigenvalue weighted by Gasteiger charge is 2.29. The van der Waals surface area contributed by atoms with Crippen LogP contribution in [0.3, 0.4) is 0 Å². The minimum Gasteiger partial charge on any atom is -0.384 e. The normalized spacial score (nSPS) is 24.9. The van der Waals surface area contributed by atoms with Gasteiger partial charge in [0, 0.05) is 32.3 Å². The van der Waals surface area contributed by atoms with E-state index in [-0.39, 0.29) is 0 Å². The third kappa shape index (κ3) is 4.29. The number of nitrogens with zero attached hydrogens (tertiary/aromatic N) is 1. The molecule has 0 spiro atoms. The Balaban J connectivity index is 1.67. The van der Waals surface area contributed by atoms with Gasteiger partial charge in [0.05, 0.1) is 6.61 Å². The maximum absolute atomic E-state index is 5.38. The summed E-state index contributed by atoms with van der Waals surface area (Å²) in [6.07, 6.45) is 5.31. The summed E-state index contributed by atoms with van der Waals surface area (Å²) in [5, 5.41) is 3.73. The first-order valence-electron chi connectivity index (χ1n) is 8.38. The zero-order chi connectivity index (χ0) is 14.5. The third-order valence-electron chi connectivity index (χ3n) is 4.76. The lowest BCUT2D eigenvalue weighted by atomic mass is 9.95. The highest BCUT2D eigenvalue weighted by Crippen LogP contribution is 2.28. The molecule has 1 saturated heterocycles.